The zero-order valence-corrected chi connectivity index (χ0v) is 8.86. The van der Waals surface area contributed by atoms with Gasteiger partial charge in [0.05, 0.1) is 5.69 Å². The Balaban J connectivity index is 1.84. The van der Waals surface area contributed by atoms with Crippen molar-refractivity contribution in [2.45, 2.75) is 38.1 Å². The molecule has 0 spiro atoms. The lowest BCUT2D eigenvalue weighted by Crippen LogP contribution is -2.22. The van der Waals surface area contributed by atoms with Crippen molar-refractivity contribution >= 4 is 5.84 Å². The van der Waals surface area contributed by atoms with E-state index in [4.69, 9.17) is 10.2 Å². The lowest BCUT2D eigenvalue weighted by Gasteiger charge is -2.05. The Labute approximate surface area is 88.1 Å². The van der Waals surface area contributed by atoms with E-state index in [1.165, 1.54) is 0 Å². The van der Waals surface area contributed by atoms with Gasteiger partial charge in [-0.2, -0.15) is 0 Å². The molecule has 0 unspecified atom stereocenters. The number of aryl methyl sites for hydroxylation is 2. The smallest absolute Gasteiger partial charge is 0.306 e. The van der Waals surface area contributed by atoms with Crippen molar-refractivity contribution < 1.29 is 4.42 Å². The molecule has 0 bridgehead atoms. The number of nitrogens with two attached hydrogens (primary N) is 1. The van der Waals surface area contributed by atoms with Gasteiger partial charge in [-0.15, -0.1) is 0 Å². The molecule has 0 radical (unpaired) electrons. The van der Waals surface area contributed by atoms with E-state index in [2.05, 4.69) is 11.9 Å². The van der Waals surface area contributed by atoms with E-state index < -0.39 is 0 Å². The summed E-state index contributed by atoms with van der Waals surface area (Å²) >= 11 is 0. The second kappa shape index (κ2) is 2.85. The first-order chi connectivity index (χ1) is 7.18. The van der Waals surface area contributed by atoms with Crippen LogP contribution in [0.25, 0.3) is 5.84 Å². The molecule has 80 valence electrons. The van der Waals surface area contributed by atoms with Crippen LogP contribution in [-0.2, 0) is 6.42 Å². The highest BCUT2D eigenvalue weighted by atomic mass is 16.4. The Morgan fingerprint density at radius 1 is 1.60 bits per heavy atom. The summed E-state index contributed by atoms with van der Waals surface area (Å²) in [6.45, 7) is 2.06. The minimum atomic E-state index is 0.0985. The van der Waals surface area contributed by atoms with Crippen LogP contribution in [0.3, 0.4) is 0 Å². The van der Waals surface area contributed by atoms with Gasteiger partial charge in [0, 0.05) is 24.4 Å². The van der Waals surface area contributed by atoms with Crippen LogP contribution in [-0.4, -0.2) is 14.9 Å². The highest BCUT2D eigenvalue weighted by molar-refractivity contribution is 5.30. The van der Waals surface area contributed by atoms with Gasteiger partial charge in [0.15, 0.2) is 0 Å². The number of rotatable bonds is 3. The molecule has 0 atom stereocenters. The van der Waals surface area contributed by atoms with Crippen LogP contribution in [0.15, 0.2) is 16.8 Å². The average Bonchev–Trinajstić information content (AvgIpc) is 2.69. The maximum Gasteiger partial charge on any atom is 0.306 e. The Bertz CT molecular complexity index is 493. The predicted octanol–water partition coefficient (Wildman–Crippen LogP) is 1.66. The number of nitrogens with zero attached hydrogens (tertiary/aromatic N) is 2. The molecule has 4 nitrogen and oxygen atoms in total. The molecule has 2 N–H and O–H groups in total. The van der Waals surface area contributed by atoms with Crippen LogP contribution in [0.1, 0.15) is 30.7 Å². The van der Waals surface area contributed by atoms with E-state index in [1.54, 1.807) is 6.20 Å². The molecule has 0 aliphatic heterocycles. The van der Waals surface area contributed by atoms with Crippen LogP contribution < -0.4 is 5.73 Å². The third kappa shape index (κ3) is 1.45. The molecule has 3 rings (SSSR count). The summed E-state index contributed by atoms with van der Waals surface area (Å²) < 4.78 is 7.64. The van der Waals surface area contributed by atoms with Gasteiger partial charge in [0.2, 0.25) is 0 Å². The normalized spacial score (nSPS) is 18.5. The first-order valence-electron chi connectivity index (χ1n) is 5.38. The maximum atomic E-state index is 6.05. The monoisotopic (exact) mass is 205 g/mol. The fourth-order valence-electron chi connectivity index (χ4n) is 1.94. The zero-order valence-electron chi connectivity index (χ0n) is 8.86. The first kappa shape index (κ1) is 8.97. The topological polar surface area (TPSA) is 56.5 Å². The quantitative estimate of drug-likeness (QED) is 0.829. The van der Waals surface area contributed by atoms with E-state index in [9.17, 15) is 0 Å². The largest absolute Gasteiger partial charge is 0.428 e. The summed E-state index contributed by atoms with van der Waals surface area (Å²) in [6, 6.07) is 0. The molecule has 2 aromatic heterocycles. The van der Waals surface area contributed by atoms with Crippen molar-refractivity contribution in [3.05, 3.63) is 23.8 Å². The summed E-state index contributed by atoms with van der Waals surface area (Å²) in [5.74, 6) is 1.71. The van der Waals surface area contributed by atoms with E-state index in [1.807, 2.05) is 10.6 Å². The van der Waals surface area contributed by atoms with Crippen molar-refractivity contribution in [3.63, 3.8) is 0 Å². The summed E-state index contributed by atoms with van der Waals surface area (Å²) in [5, 5.41) is 0. The van der Waals surface area contributed by atoms with Gasteiger partial charge in [0.1, 0.15) is 5.76 Å². The molecule has 1 aliphatic rings. The van der Waals surface area contributed by atoms with Crippen LogP contribution in [0.4, 0.5) is 0 Å². The van der Waals surface area contributed by atoms with Gasteiger partial charge < -0.3 is 10.2 Å². The van der Waals surface area contributed by atoms with Crippen molar-refractivity contribution in [1.82, 2.24) is 9.38 Å². The van der Waals surface area contributed by atoms with E-state index in [0.29, 0.717) is 5.84 Å². The molecule has 15 heavy (non-hydrogen) atoms. The molecule has 2 aromatic rings. The molecule has 1 aliphatic carbocycles. The minimum absolute atomic E-state index is 0.0985. The predicted molar refractivity (Wildman–Crippen MR) is 56.7 cm³/mol. The molecule has 4 heteroatoms. The van der Waals surface area contributed by atoms with Gasteiger partial charge in [-0.1, -0.05) is 0 Å². The van der Waals surface area contributed by atoms with Crippen molar-refractivity contribution in [2.24, 2.45) is 5.73 Å². The van der Waals surface area contributed by atoms with Crippen molar-refractivity contribution in [2.75, 3.05) is 0 Å². The maximum absolute atomic E-state index is 6.05. The fraction of sp³-hybridized carbons (Fsp3) is 0.545. The third-order valence-corrected chi connectivity index (χ3v) is 3.33. The number of fused-ring (bicyclic) bond motifs is 1. The summed E-state index contributed by atoms with van der Waals surface area (Å²) in [5.41, 5.74) is 7.29. The van der Waals surface area contributed by atoms with Crippen molar-refractivity contribution in [1.29, 1.82) is 0 Å². The van der Waals surface area contributed by atoms with Gasteiger partial charge >= 0.3 is 5.84 Å². The third-order valence-electron chi connectivity index (χ3n) is 3.33. The number of hydrogen-bond acceptors (Lipinski definition) is 3. The number of imidazole rings is 1. The second-order valence-corrected chi connectivity index (χ2v) is 4.55. The molecule has 1 fully saturated rings. The standard InChI is InChI=1S/C11H15N3O/c1-8-9(2-3-11(12)4-5-11)15-10-13-6-7-14(8)10/h6-7H,2-5,12H2,1H3. The Kier molecular flexibility index (Phi) is 1.71. The molecular weight excluding hydrogens is 190 g/mol. The number of aromatic nitrogens is 2. The van der Waals surface area contributed by atoms with E-state index in [-0.39, 0.29) is 5.54 Å². The molecule has 0 aromatic carbocycles. The fourth-order valence-corrected chi connectivity index (χ4v) is 1.94. The van der Waals surface area contributed by atoms with Crippen molar-refractivity contribution in [3.8, 4) is 0 Å². The second-order valence-electron chi connectivity index (χ2n) is 4.55. The van der Waals surface area contributed by atoms with E-state index in [0.717, 1.165) is 37.1 Å². The highest BCUT2D eigenvalue weighted by Crippen LogP contribution is 2.36. The van der Waals surface area contributed by atoms with Gasteiger partial charge in [-0.05, 0) is 26.2 Å². The zero-order chi connectivity index (χ0) is 10.5. The highest BCUT2D eigenvalue weighted by Gasteiger charge is 2.37. The van der Waals surface area contributed by atoms with Gasteiger partial charge in [-0.25, -0.2) is 4.98 Å². The summed E-state index contributed by atoms with van der Waals surface area (Å²) in [4.78, 5) is 4.13. The van der Waals surface area contributed by atoms with E-state index >= 15 is 0 Å². The number of hydrogen-bond donors (Lipinski definition) is 1. The summed E-state index contributed by atoms with van der Waals surface area (Å²) in [7, 11) is 0. The Morgan fingerprint density at radius 3 is 3.07 bits per heavy atom. The molecule has 0 amide bonds. The summed E-state index contributed by atoms with van der Waals surface area (Å²) in [6.07, 6.45) is 7.93. The Morgan fingerprint density at radius 2 is 2.40 bits per heavy atom. The number of oxazole rings is 1. The molecule has 2 heterocycles. The first-order valence-corrected chi connectivity index (χ1v) is 5.38. The lowest BCUT2D eigenvalue weighted by atomic mass is 10.1. The van der Waals surface area contributed by atoms with Gasteiger partial charge in [-0.3, -0.25) is 4.40 Å². The molecule has 0 saturated heterocycles. The lowest BCUT2D eigenvalue weighted by molar-refractivity contribution is 0.498. The molecule has 1 saturated carbocycles. The van der Waals surface area contributed by atoms with Crippen LogP contribution >= 0.6 is 0 Å². The average molecular weight is 205 g/mol. The van der Waals surface area contributed by atoms with Crippen LogP contribution in [0.5, 0.6) is 0 Å². The van der Waals surface area contributed by atoms with Crippen LogP contribution in [0, 0.1) is 6.92 Å². The minimum Gasteiger partial charge on any atom is -0.428 e. The van der Waals surface area contributed by atoms with Crippen LogP contribution in [0.2, 0.25) is 0 Å². The Hall–Kier alpha value is -1.29. The molecular formula is C11H15N3O. The van der Waals surface area contributed by atoms with Gasteiger partial charge in [0.25, 0.3) is 0 Å². The SMILES string of the molecule is Cc1c(CCC2(N)CC2)oc2nccn12.